The van der Waals surface area contributed by atoms with Gasteiger partial charge < -0.3 is 9.47 Å². The van der Waals surface area contributed by atoms with Crippen molar-refractivity contribution in [3.05, 3.63) is 23.8 Å². The van der Waals surface area contributed by atoms with Crippen LogP contribution in [0.4, 0.5) is 0 Å². The van der Waals surface area contributed by atoms with Crippen LogP contribution in [-0.4, -0.2) is 20.0 Å². The third-order valence-corrected chi connectivity index (χ3v) is 2.73. The maximum absolute atomic E-state index is 12.0. The fourth-order valence-corrected chi connectivity index (χ4v) is 1.68. The van der Waals surface area contributed by atoms with Crippen LogP contribution in [-0.2, 0) is 4.79 Å². The lowest BCUT2D eigenvalue weighted by atomic mass is 9.89. The molecule has 1 aromatic rings. The van der Waals surface area contributed by atoms with Crippen molar-refractivity contribution >= 4 is 5.78 Å². The summed E-state index contributed by atoms with van der Waals surface area (Å²) in [4.78, 5) is 12.0. The number of nitriles is 1. The molecule has 0 aliphatic heterocycles. The van der Waals surface area contributed by atoms with Gasteiger partial charge in [-0.3, -0.25) is 4.79 Å². The highest BCUT2D eigenvalue weighted by atomic mass is 16.5. The summed E-state index contributed by atoms with van der Waals surface area (Å²) in [7, 11) is 3.06. The van der Waals surface area contributed by atoms with E-state index in [0.29, 0.717) is 17.1 Å². The summed E-state index contributed by atoms with van der Waals surface area (Å²) in [6, 6.07) is 7.13. The Morgan fingerprint density at radius 1 is 1.28 bits per heavy atom. The number of benzene rings is 1. The molecule has 1 aromatic carbocycles. The predicted molar refractivity (Wildman–Crippen MR) is 67.7 cm³/mol. The van der Waals surface area contributed by atoms with Crippen LogP contribution in [0.2, 0.25) is 0 Å². The molecule has 4 nitrogen and oxygen atoms in total. The number of hydrogen-bond donors (Lipinski definition) is 0. The normalized spacial score (nSPS) is 11.8. The molecule has 0 aromatic heterocycles. The second-order valence-corrected chi connectivity index (χ2v) is 4.23. The van der Waals surface area contributed by atoms with Gasteiger partial charge in [-0.25, -0.2) is 0 Å². The molecule has 0 bridgehead atoms. The van der Waals surface area contributed by atoms with Crippen molar-refractivity contribution in [2.75, 3.05) is 14.2 Å². The van der Waals surface area contributed by atoms with Crippen LogP contribution >= 0.6 is 0 Å². The van der Waals surface area contributed by atoms with Gasteiger partial charge in [0.25, 0.3) is 0 Å². The van der Waals surface area contributed by atoms with Crippen molar-refractivity contribution in [1.29, 1.82) is 5.26 Å². The average Bonchev–Trinajstić information content (AvgIpc) is 2.39. The Morgan fingerprint density at radius 2 is 1.94 bits per heavy atom. The first-order valence-corrected chi connectivity index (χ1v) is 5.70. The van der Waals surface area contributed by atoms with E-state index in [9.17, 15) is 10.1 Å². The minimum atomic E-state index is -0.800. The van der Waals surface area contributed by atoms with Crippen LogP contribution in [0.15, 0.2) is 18.2 Å². The van der Waals surface area contributed by atoms with Crippen molar-refractivity contribution in [2.24, 2.45) is 5.92 Å². The Morgan fingerprint density at radius 3 is 2.39 bits per heavy atom. The molecular weight excluding hydrogens is 230 g/mol. The molecule has 1 rings (SSSR count). The number of carbonyl (C=O) groups excluding carboxylic acids is 1. The number of ketones is 1. The van der Waals surface area contributed by atoms with Crippen LogP contribution in [0.3, 0.4) is 0 Å². The molecule has 0 aliphatic rings. The van der Waals surface area contributed by atoms with Gasteiger partial charge >= 0.3 is 0 Å². The van der Waals surface area contributed by atoms with Gasteiger partial charge in [-0.1, -0.05) is 13.8 Å². The lowest BCUT2D eigenvalue weighted by molar-refractivity contribution is -0.122. The van der Waals surface area contributed by atoms with E-state index in [1.807, 2.05) is 6.07 Å². The largest absolute Gasteiger partial charge is 0.497 e. The first-order chi connectivity index (χ1) is 8.54. The molecule has 0 heterocycles. The SMILES string of the molecule is COc1ccc(C(C#N)C(=O)C(C)C)c(OC)c1. The molecule has 1 atom stereocenters. The Hall–Kier alpha value is -2.02. The van der Waals surface area contributed by atoms with Crippen molar-refractivity contribution < 1.29 is 14.3 Å². The molecule has 0 fully saturated rings. The standard InChI is InChI=1S/C14H17NO3/c1-9(2)14(16)12(8-15)11-6-5-10(17-3)7-13(11)18-4/h5-7,9,12H,1-4H3. The molecule has 0 saturated carbocycles. The van der Waals surface area contributed by atoms with Crippen LogP contribution in [0, 0.1) is 17.2 Å². The van der Waals surface area contributed by atoms with Crippen LogP contribution < -0.4 is 9.47 Å². The van der Waals surface area contributed by atoms with Gasteiger partial charge in [-0.15, -0.1) is 0 Å². The predicted octanol–water partition coefficient (Wildman–Crippen LogP) is 2.54. The van der Waals surface area contributed by atoms with E-state index in [1.54, 1.807) is 39.2 Å². The molecule has 1 unspecified atom stereocenters. The van der Waals surface area contributed by atoms with Gasteiger partial charge in [0.15, 0.2) is 5.78 Å². The summed E-state index contributed by atoms with van der Waals surface area (Å²) in [5.74, 6) is 0.0208. The second kappa shape index (κ2) is 6.06. The fourth-order valence-electron chi connectivity index (χ4n) is 1.68. The van der Waals surface area contributed by atoms with E-state index in [1.165, 1.54) is 7.11 Å². The van der Waals surface area contributed by atoms with Gasteiger partial charge in [-0.2, -0.15) is 5.26 Å². The number of nitrogens with zero attached hydrogens (tertiary/aromatic N) is 1. The molecule has 0 saturated heterocycles. The Kier molecular flexibility index (Phi) is 4.73. The van der Waals surface area contributed by atoms with Crippen molar-refractivity contribution in [3.63, 3.8) is 0 Å². The minimum Gasteiger partial charge on any atom is -0.497 e. The summed E-state index contributed by atoms with van der Waals surface area (Å²) in [6.07, 6.45) is 0. The number of ether oxygens (including phenoxy) is 2. The third kappa shape index (κ3) is 2.80. The number of methoxy groups -OCH3 is 2. The van der Waals surface area contributed by atoms with E-state index in [0.717, 1.165) is 0 Å². The lowest BCUT2D eigenvalue weighted by Crippen LogP contribution is -2.17. The highest BCUT2D eigenvalue weighted by Gasteiger charge is 2.25. The topological polar surface area (TPSA) is 59.3 Å². The maximum atomic E-state index is 12.0. The molecule has 18 heavy (non-hydrogen) atoms. The van der Waals surface area contributed by atoms with Crippen molar-refractivity contribution in [3.8, 4) is 17.6 Å². The lowest BCUT2D eigenvalue weighted by Gasteiger charge is -2.15. The van der Waals surface area contributed by atoms with Crippen LogP contribution in [0.1, 0.15) is 25.3 Å². The summed E-state index contributed by atoms with van der Waals surface area (Å²) < 4.78 is 10.3. The Bertz CT molecular complexity index is 474. The van der Waals surface area contributed by atoms with E-state index in [4.69, 9.17) is 9.47 Å². The smallest absolute Gasteiger partial charge is 0.157 e. The number of Topliss-reactive ketones (excluding diaryl/α,β-unsaturated/α-hetero) is 1. The van der Waals surface area contributed by atoms with E-state index >= 15 is 0 Å². The van der Waals surface area contributed by atoms with Gasteiger partial charge in [0.1, 0.15) is 17.4 Å². The van der Waals surface area contributed by atoms with E-state index in [-0.39, 0.29) is 11.7 Å². The zero-order valence-corrected chi connectivity index (χ0v) is 11.1. The van der Waals surface area contributed by atoms with Gasteiger partial charge in [0.05, 0.1) is 20.3 Å². The molecule has 0 spiro atoms. The number of carbonyl (C=O) groups is 1. The maximum Gasteiger partial charge on any atom is 0.157 e. The summed E-state index contributed by atoms with van der Waals surface area (Å²) >= 11 is 0. The number of hydrogen-bond acceptors (Lipinski definition) is 4. The van der Waals surface area contributed by atoms with E-state index in [2.05, 4.69) is 0 Å². The van der Waals surface area contributed by atoms with E-state index < -0.39 is 5.92 Å². The zero-order valence-electron chi connectivity index (χ0n) is 11.1. The quantitative estimate of drug-likeness (QED) is 0.802. The monoisotopic (exact) mass is 247 g/mol. The summed E-state index contributed by atoms with van der Waals surface area (Å²) in [6.45, 7) is 3.56. The Labute approximate surface area is 107 Å². The van der Waals surface area contributed by atoms with Gasteiger partial charge in [0.2, 0.25) is 0 Å². The highest BCUT2D eigenvalue weighted by Crippen LogP contribution is 2.32. The first kappa shape index (κ1) is 14.0. The van der Waals surface area contributed by atoms with Gasteiger partial charge in [0, 0.05) is 17.5 Å². The summed E-state index contributed by atoms with van der Waals surface area (Å²) in [5.41, 5.74) is 0.583. The first-order valence-electron chi connectivity index (χ1n) is 5.70. The second-order valence-electron chi connectivity index (χ2n) is 4.23. The zero-order chi connectivity index (χ0) is 13.7. The Balaban J connectivity index is 3.22. The molecule has 0 N–H and O–H groups in total. The van der Waals surface area contributed by atoms with Crippen molar-refractivity contribution in [2.45, 2.75) is 19.8 Å². The highest BCUT2D eigenvalue weighted by molar-refractivity contribution is 5.90. The minimum absolute atomic E-state index is 0.110. The number of rotatable bonds is 5. The molecule has 96 valence electrons. The third-order valence-electron chi connectivity index (χ3n) is 2.73. The molecule has 0 aliphatic carbocycles. The molecule has 4 heteroatoms. The molecular formula is C14H17NO3. The fraction of sp³-hybridized carbons (Fsp3) is 0.429. The molecule has 0 amide bonds. The summed E-state index contributed by atoms with van der Waals surface area (Å²) in [5, 5.41) is 9.19. The molecule has 0 radical (unpaired) electrons. The van der Waals surface area contributed by atoms with Crippen LogP contribution in [0.5, 0.6) is 11.5 Å². The van der Waals surface area contributed by atoms with Crippen LogP contribution in [0.25, 0.3) is 0 Å². The van der Waals surface area contributed by atoms with Crippen molar-refractivity contribution in [1.82, 2.24) is 0 Å². The average molecular weight is 247 g/mol. The van der Waals surface area contributed by atoms with Gasteiger partial charge in [-0.05, 0) is 12.1 Å².